The van der Waals surface area contributed by atoms with E-state index in [9.17, 15) is 14.3 Å². The van der Waals surface area contributed by atoms with Gasteiger partial charge < -0.3 is 24.8 Å². The molecule has 0 bridgehead atoms. The topological polar surface area (TPSA) is 71.0 Å². The number of nitrogens with zero attached hydrogens (tertiary/aromatic N) is 1. The fourth-order valence-electron chi connectivity index (χ4n) is 3.18. The van der Waals surface area contributed by atoms with Gasteiger partial charge in [-0.2, -0.15) is 0 Å². The van der Waals surface area contributed by atoms with Gasteiger partial charge in [0.15, 0.2) is 23.1 Å². The van der Waals surface area contributed by atoms with Gasteiger partial charge in [0.25, 0.3) is 0 Å². The lowest BCUT2D eigenvalue weighted by molar-refractivity contribution is 0.0332. The van der Waals surface area contributed by atoms with E-state index in [-0.39, 0.29) is 17.9 Å². The SMILES string of the molecule is COc1cc(C)ccc1Oc1ccc(NC(=O)N(C)CC2CC(O)C2)cc1F. The molecule has 1 aliphatic carbocycles. The molecule has 0 radical (unpaired) electrons. The van der Waals surface area contributed by atoms with Crippen LogP contribution in [0.4, 0.5) is 14.9 Å². The van der Waals surface area contributed by atoms with E-state index in [1.807, 2.05) is 13.0 Å². The monoisotopic (exact) mass is 388 g/mol. The highest BCUT2D eigenvalue weighted by Gasteiger charge is 2.29. The third-order valence-electron chi connectivity index (χ3n) is 4.81. The van der Waals surface area contributed by atoms with Crippen LogP contribution in [0.5, 0.6) is 17.2 Å². The van der Waals surface area contributed by atoms with Crippen LogP contribution in [0.3, 0.4) is 0 Å². The number of ether oxygens (including phenoxy) is 2. The number of aliphatic hydroxyl groups is 1. The number of methoxy groups -OCH3 is 1. The maximum Gasteiger partial charge on any atom is 0.321 e. The lowest BCUT2D eigenvalue weighted by atomic mass is 9.82. The highest BCUT2D eigenvalue weighted by Crippen LogP contribution is 2.34. The van der Waals surface area contributed by atoms with Gasteiger partial charge in [0.1, 0.15) is 0 Å². The molecule has 0 aliphatic heterocycles. The van der Waals surface area contributed by atoms with Crippen molar-refractivity contribution >= 4 is 11.7 Å². The molecule has 0 aromatic heterocycles. The molecule has 0 spiro atoms. The van der Waals surface area contributed by atoms with Gasteiger partial charge in [-0.15, -0.1) is 0 Å². The summed E-state index contributed by atoms with van der Waals surface area (Å²) in [5.41, 5.74) is 1.34. The van der Waals surface area contributed by atoms with Crippen LogP contribution in [-0.2, 0) is 0 Å². The van der Waals surface area contributed by atoms with Crippen LogP contribution in [0.25, 0.3) is 0 Å². The highest BCUT2D eigenvalue weighted by molar-refractivity contribution is 5.89. The lowest BCUT2D eigenvalue weighted by Gasteiger charge is -2.34. The molecule has 2 N–H and O–H groups in total. The van der Waals surface area contributed by atoms with Crippen molar-refractivity contribution in [3.63, 3.8) is 0 Å². The normalized spacial score (nSPS) is 18.2. The summed E-state index contributed by atoms with van der Waals surface area (Å²) in [6.45, 7) is 2.48. The summed E-state index contributed by atoms with van der Waals surface area (Å²) in [5, 5.41) is 12.0. The van der Waals surface area contributed by atoms with Crippen LogP contribution in [-0.4, -0.2) is 42.8 Å². The Balaban J connectivity index is 1.63. The number of anilines is 1. The van der Waals surface area contributed by atoms with E-state index in [0.29, 0.717) is 42.5 Å². The third-order valence-corrected chi connectivity index (χ3v) is 4.81. The summed E-state index contributed by atoms with van der Waals surface area (Å²) < 4.78 is 25.4. The average molecular weight is 388 g/mol. The molecule has 1 fully saturated rings. The molecule has 0 heterocycles. The minimum absolute atomic E-state index is 0.0389. The van der Waals surface area contributed by atoms with E-state index in [2.05, 4.69) is 5.32 Å². The number of rotatable bonds is 6. The minimum atomic E-state index is -0.592. The first kappa shape index (κ1) is 19.9. The van der Waals surface area contributed by atoms with E-state index in [0.717, 1.165) is 5.56 Å². The van der Waals surface area contributed by atoms with Crippen molar-refractivity contribution in [1.82, 2.24) is 4.90 Å². The first-order valence-corrected chi connectivity index (χ1v) is 9.18. The van der Waals surface area contributed by atoms with Gasteiger partial charge in [-0.3, -0.25) is 0 Å². The van der Waals surface area contributed by atoms with E-state index in [1.165, 1.54) is 24.1 Å². The number of aryl methyl sites for hydroxylation is 1. The highest BCUT2D eigenvalue weighted by atomic mass is 19.1. The van der Waals surface area contributed by atoms with Crippen LogP contribution in [0, 0.1) is 18.7 Å². The van der Waals surface area contributed by atoms with Crippen molar-refractivity contribution in [3.8, 4) is 17.2 Å². The Morgan fingerprint density at radius 3 is 2.57 bits per heavy atom. The Labute approximate surface area is 163 Å². The standard InChI is InChI=1S/C21H25FN2O4/c1-13-4-6-19(20(8-13)27-3)28-18-7-5-15(11-17(18)22)23-21(26)24(2)12-14-9-16(25)10-14/h4-8,11,14,16,25H,9-10,12H2,1-3H3,(H,23,26). The first-order chi connectivity index (χ1) is 13.4. The molecule has 1 saturated carbocycles. The van der Waals surface area contributed by atoms with Crippen LogP contribution in [0.2, 0.25) is 0 Å². The van der Waals surface area contributed by atoms with E-state index < -0.39 is 5.82 Å². The lowest BCUT2D eigenvalue weighted by Crippen LogP contribution is -2.41. The van der Waals surface area contributed by atoms with Gasteiger partial charge in [0.2, 0.25) is 0 Å². The Hall–Kier alpha value is -2.80. The van der Waals surface area contributed by atoms with Crippen molar-refractivity contribution in [2.24, 2.45) is 5.92 Å². The number of aliphatic hydroxyl groups excluding tert-OH is 1. The zero-order valence-electron chi connectivity index (χ0n) is 16.2. The zero-order chi connectivity index (χ0) is 20.3. The largest absolute Gasteiger partial charge is 0.493 e. The van der Waals surface area contributed by atoms with Crippen LogP contribution in [0.1, 0.15) is 18.4 Å². The number of urea groups is 1. The van der Waals surface area contributed by atoms with Crippen molar-refractivity contribution < 1.29 is 23.8 Å². The van der Waals surface area contributed by atoms with Crippen LogP contribution >= 0.6 is 0 Å². The number of benzene rings is 2. The molecule has 2 amide bonds. The number of nitrogens with one attached hydrogen (secondary N) is 1. The molecule has 1 aliphatic rings. The Kier molecular flexibility index (Phi) is 6.04. The smallest absolute Gasteiger partial charge is 0.321 e. The molecule has 0 atom stereocenters. The van der Waals surface area contributed by atoms with Crippen molar-refractivity contribution in [2.45, 2.75) is 25.9 Å². The van der Waals surface area contributed by atoms with Gasteiger partial charge in [-0.05, 0) is 55.5 Å². The van der Waals surface area contributed by atoms with E-state index >= 15 is 0 Å². The number of carbonyl (C=O) groups is 1. The summed E-state index contributed by atoms with van der Waals surface area (Å²) >= 11 is 0. The van der Waals surface area contributed by atoms with Gasteiger partial charge in [-0.25, -0.2) is 9.18 Å². The maximum absolute atomic E-state index is 14.5. The number of amides is 2. The summed E-state index contributed by atoms with van der Waals surface area (Å²) in [7, 11) is 3.20. The van der Waals surface area contributed by atoms with Crippen molar-refractivity contribution in [1.29, 1.82) is 0 Å². The third kappa shape index (κ3) is 4.72. The molecule has 150 valence electrons. The minimum Gasteiger partial charge on any atom is -0.493 e. The zero-order valence-corrected chi connectivity index (χ0v) is 16.2. The number of carbonyl (C=O) groups excluding carboxylic acids is 1. The molecule has 28 heavy (non-hydrogen) atoms. The molecule has 2 aromatic rings. The summed E-state index contributed by atoms with van der Waals surface area (Å²) in [6, 6.07) is 9.31. The number of hydrogen-bond acceptors (Lipinski definition) is 4. The van der Waals surface area contributed by atoms with Gasteiger partial charge in [0.05, 0.1) is 13.2 Å². The van der Waals surface area contributed by atoms with E-state index in [4.69, 9.17) is 9.47 Å². The number of halogens is 1. The second kappa shape index (κ2) is 8.48. The summed E-state index contributed by atoms with van der Waals surface area (Å²) in [4.78, 5) is 13.8. The van der Waals surface area contributed by atoms with Gasteiger partial charge >= 0.3 is 6.03 Å². The predicted octanol–water partition coefficient (Wildman–Crippen LogP) is 4.17. The summed E-state index contributed by atoms with van der Waals surface area (Å²) in [5.74, 6) is 0.677. The molecular formula is C21H25FN2O4. The Morgan fingerprint density at radius 2 is 1.93 bits per heavy atom. The van der Waals surface area contributed by atoms with Gasteiger partial charge in [0, 0.05) is 25.3 Å². The fraction of sp³-hybridized carbons (Fsp3) is 0.381. The Morgan fingerprint density at radius 1 is 1.21 bits per heavy atom. The Bertz CT molecular complexity index is 852. The number of hydrogen-bond donors (Lipinski definition) is 2. The maximum atomic E-state index is 14.5. The molecule has 7 heteroatoms. The van der Waals surface area contributed by atoms with Crippen LogP contribution < -0.4 is 14.8 Å². The second-order valence-electron chi connectivity index (χ2n) is 7.20. The molecule has 3 rings (SSSR count). The molecule has 0 unspecified atom stereocenters. The fourth-order valence-corrected chi connectivity index (χ4v) is 3.18. The first-order valence-electron chi connectivity index (χ1n) is 9.18. The van der Waals surface area contributed by atoms with Gasteiger partial charge in [-0.1, -0.05) is 6.07 Å². The summed E-state index contributed by atoms with van der Waals surface area (Å²) in [6.07, 6.45) is 1.16. The predicted molar refractivity (Wildman–Crippen MR) is 105 cm³/mol. The average Bonchev–Trinajstić information content (AvgIpc) is 2.63. The van der Waals surface area contributed by atoms with Crippen molar-refractivity contribution in [3.05, 3.63) is 47.8 Å². The molecule has 2 aromatic carbocycles. The van der Waals surface area contributed by atoms with Crippen molar-refractivity contribution in [2.75, 3.05) is 26.0 Å². The van der Waals surface area contributed by atoms with E-state index in [1.54, 1.807) is 25.2 Å². The molecular weight excluding hydrogens is 363 g/mol. The second-order valence-corrected chi connectivity index (χ2v) is 7.20. The molecule has 6 nitrogen and oxygen atoms in total. The molecule has 0 saturated heterocycles. The van der Waals surface area contributed by atoms with Crippen LogP contribution in [0.15, 0.2) is 36.4 Å². The quantitative estimate of drug-likeness (QED) is 0.779.